The zero-order valence-corrected chi connectivity index (χ0v) is 21.9. The van der Waals surface area contributed by atoms with E-state index in [-0.39, 0.29) is 18.1 Å². The maximum atomic E-state index is 12.9. The highest BCUT2D eigenvalue weighted by Crippen LogP contribution is 2.36. The molecule has 0 unspecified atom stereocenters. The molecule has 2 fully saturated rings. The molecule has 1 saturated carbocycles. The van der Waals surface area contributed by atoms with Crippen LogP contribution >= 0.6 is 0 Å². The zero-order chi connectivity index (χ0) is 26.3. The maximum Gasteiger partial charge on any atom is 0.270 e. The average Bonchev–Trinajstić information content (AvgIpc) is 2.95. The van der Waals surface area contributed by atoms with E-state index in [1.54, 1.807) is 6.07 Å². The summed E-state index contributed by atoms with van der Waals surface area (Å²) in [5, 5.41) is 17.9. The van der Waals surface area contributed by atoms with Gasteiger partial charge in [-0.2, -0.15) is 0 Å². The normalized spacial score (nSPS) is 21.3. The van der Waals surface area contributed by atoms with Crippen LogP contribution in [0.15, 0.2) is 66.7 Å². The van der Waals surface area contributed by atoms with Crippen molar-refractivity contribution >= 4 is 22.7 Å². The molecule has 2 amide bonds. The zero-order valence-electron chi connectivity index (χ0n) is 21.9. The van der Waals surface area contributed by atoms with E-state index >= 15 is 0 Å². The Balaban J connectivity index is 1.19. The molecule has 2 aromatic carbocycles. The van der Waals surface area contributed by atoms with E-state index in [0.29, 0.717) is 13.0 Å². The van der Waals surface area contributed by atoms with Gasteiger partial charge in [0.1, 0.15) is 5.69 Å². The molecule has 0 radical (unpaired) electrons. The first-order valence-electron chi connectivity index (χ1n) is 13.9. The molecule has 2 aliphatic rings. The molecule has 7 heteroatoms. The van der Waals surface area contributed by atoms with E-state index in [1.165, 1.54) is 32.1 Å². The summed E-state index contributed by atoms with van der Waals surface area (Å²) in [5.41, 5.74) is 2.05. The Morgan fingerprint density at radius 2 is 1.71 bits per heavy atom. The lowest BCUT2D eigenvalue weighted by Crippen LogP contribution is -2.53. The van der Waals surface area contributed by atoms with E-state index < -0.39 is 18.1 Å². The van der Waals surface area contributed by atoms with Crippen molar-refractivity contribution in [2.45, 2.75) is 50.7 Å². The van der Waals surface area contributed by atoms with Crippen LogP contribution in [0, 0.1) is 11.8 Å². The quantitative estimate of drug-likeness (QED) is 0.406. The lowest BCUT2D eigenvalue weighted by Gasteiger charge is -2.42. The van der Waals surface area contributed by atoms with Crippen molar-refractivity contribution in [3.05, 3.63) is 78.0 Å². The van der Waals surface area contributed by atoms with Gasteiger partial charge in [0.25, 0.3) is 5.91 Å². The van der Waals surface area contributed by atoms with Gasteiger partial charge < -0.3 is 20.6 Å². The van der Waals surface area contributed by atoms with E-state index in [4.69, 9.17) is 0 Å². The first kappa shape index (κ1) is 26.3. The minimum Gasteiger partial charge on any atom is -0.390 e. The molecular formula is C31H38N4O3. The number of rotatable bonds is 9. The number of fused-ring (bicyclic) bond motifs is 2. The number of aliphatic hydroxyl groups excluding tert-OH is 1. The van der Waals surface area contributed by atoms with E-state index in [9.17, 15) is 14.7 Å². The summed E-state index contributed by atoms with van der Waals surface area (Å²) in [4.78, 5) is 32.3. The fraction of sp³-hybridized carbons (Fsp3) is 0.452. The minimum absolute atomic E-state index is 0.182. The van der Waals surface area contributed by atoms with Crippen molar-refractivity contribution < 1.29 is 14.7 Å². The Morgan fingerprint density at radius 3 is 2.55 bits per heavy atom. The van der Waals surface area contributed by atoms with Crippen molar-refractivity contribution in [3.8, 4) is 0 Å². The number of hydrogen-bond acceptors (Lipinski definition) is 5. The molecule has 1 aromatic heterocycles. The number of likely N-dealkylation sites (tertiary alicyclic amines) is 1. The Bertz CT molecular complexity index is 1230. The molecular weight excluding hydrogens is 476 g/mol. The first-order valence-corrected chi connectivity index (χ1v) is 13.9. The van der Waals surface area contributed by atoms with Crippen LogP contribution in [0.4, 0.5) is 0 Å². The van der Waals surface area contributed by atoms with Gasteiger partial charge in [-0.15, -0.1) is 0 Å². The summed E-state index contributed by atoms with van der Waals surface area (Å²) in [6.07, 6.45) is 6.29. The fourth-order valence-corrected chi connectivity index (χ4v) is 6.09. The van der Waals surface area contributed by atoms with Crippen molar-refractivity contribution in [1.29, 1.82) is 0 Å². The number of piperidine rings is 1. The smallest absolute Gasteiger partial charge is 0.270 e. The molecule has 5 rings (SSSR count). The van der Waals surface area contributed by atoms with Gasteiger partial charge in [0.2, 0.25) is 5.91 Å². The Morgan fingerprint density at radius 1 is 0.947 bits per heavy atom. The molecule has 4 atom stereocenters. The van der Waals surface area contributed by atoms with Crippen LogP contribution in [0.25, 0.3) is 10.9 Å². The molecule has 2 heterocycles. The van der Waals surface area contributed by atoms with Gasteiger partial charge >= 0.3 is 0 Å². The lowest BCUT2D eigenvalue weighted by atomic mass is 9.75. The third-order valence-corrected chi connectivity index (χ3v) is 8.17. The topological polar surface area (TPSA) is 94.6 Å². The first-order chi connectivity index (χ1) is 18.5. The number of nitrogens with zero attached hydrogens (tertiary/aromatic N) is 2. The second-order valence-electron chi connectivity index (χ2n) is 10.9. The second kappa shape index (κ2) is 12.5. The van der Waals surface area contributed by atoms with Crippen LogP contribution in [0.3, 0.4) is 0 Å². The van der Waals surface area contributed by atoms with Crippen LogP contribution < -0.4 is 10.6 Å². The minimum atomic E-state index is -0.711. The van der Waals surface area contributed by atoms with E-state index in [0.717, 1.165) is 41.4 Å². The predicted octanol–water partition coefficient (Wildman–Crippen LogP) is 3.57. The second-order valence-corrected chi connectivity index (χ2v) is 10.9. The number of carbonyl (C=O) groups excluding carboxylic acids is 2. The third-order valence-electron chi connectivity index (χ3n) is 8.17. The van der Waals surface area contributed by atoms with Gasteiger partial charge in [-0.1, -0.05) is 73.9 Å². The maximum absolute atomic E-state index is 12.9. The number of nitrogens with one attached hydrogen (secondary N) is 2. The van der Waals surface area contributed by atoms with Gasteiger partial charge in [-0.25, -0.2) is 4.98 Å². The highest BCUT2D eigenvalue weighted by Gasteiger charge is 2.33. The number of amides is 2. The van der Waals surface area contributed by atoms with E-state index in [1.807, 2.05) is 60.7 Å². The average molecular weight is 515 g/mol. The summed E-state index contributed by atoms with van der Waals surface area (Å²) in [7, 11) is 0. The largest absolute Gasteiger partial charge is 0.390 e. The van der Waals surface area contributed by atoms with Gasteiger partial charge in [0.15, 0.2) is 0 Å². The van der Waals surface area contributed by atoms with Crippen LogP contribution in [-0.2, 0) is 11.2 Å². The van der Waals surface area contributed by atoms with Crippen LogP contribution in [0.1, 0.15) is 48.2 Å². The van der Waals surface area contributed by atoms with Crippen LogP contribution in [0.2, 0.25) is 0 Å². The molecule has 200 valence electrons. The highest BCUT2D eigenvalue weighted by molar-refractivity contribution is 5.96. The molecule has 3 aromatic rings. The number of para-hydroxylation sites is 1. The number of β-amino-alcohol motifs (C(OH)–C–C–N with tert-alkyl or cyclic N) is 1. The number of pyridine rings is 1. The number of hydrogen-bond donors (Lipinski definition) is 3. The molecule has 7 nitrogen and oxygen atoms in total. The van der Waals surface area contributed by atoms with Gasteiger partial charge in [0.05, 0.1) is 24.2 Å². The lowest BCUT2D eigenvalue weighted by molar-refractivity contribution is -0.121. The van der Waals surface area contributed by atoms with Crippen molar-refractivity contribution in [3.63, 3.8) is 0 Å². The predicted molar refractivity (Wildman–Crippen MR) is 149 cm³/mol. The van der Waals surface area contributed by atoms with Crippen molar-refractivity contribution in [2.24, 2.45) is 11.8 Å². The summed E-state index contributed by atoms with van der Waals surface area (Å²) >= 11 is 0. The number of aliphatic hydroxyl groups is 1. The van der Waals surface area contributed by atoms with Gasteiger partial charge in [-0.05, 0) is 55.3 Å². The molecule has 38 heavy (non-hydrogen) atoms. The summed E-state index contributed by atoms with van der Waals surface area (Å²) in [6, 6.07) is 20.5. The highest BCUT2D eigenvalue weighted by atomic mass is 16.3. The standard InChI is InChI=1S/C31H38N4O3/c36-29(21-35-17-16-23-10-4-5-12-25(23)20-35)28(18-22-8-2-1-3-9-22)34-30(37)19-32-31(38)27-15-14-24-11-6-7-13-26(24)33-27/h1-3,6-9,11,13-15,23,25,28-29,36H,4-5,10,12,16-21H2,(H,32,38)(H,34,37)/t23-,25+,28-,29+/m0/s1. The van der Waals surface area contributed by atoms with E-state index in [2.05, 4.69) is 20.5 Å². The number of carbonyl (C=O) groups is 2. The molecule has 1 aliphatic carbocycles. The summed E-state index contributed by atoms with van der Waals surface area (Å²) < 4.78 is 0. The molecule has 3 N–H and O–H groups in total. The third kappa shape index (κ3) is 6.77. The Labute approximate surface area is 224 Å². The molecule has 1 saturated heterocycles. The fourth-order valence-electron chi connectivity index (χ4n) is 6.09. The summed E-state index contributed by atoms with van der Waals surface area (Å²) in [5.74, 6) is 0.829. The van der Waals surface area contributed by atoms with Crippen LogP contribution in [-0.4, -0.2) is 65.1 Å². The van der Waals surface area contributed by atoms with Gasteiger partial charge in [-0.3, -0.25) is 9.59 Å². The van der Waals surface area contributed by atoms with Gasteiger partial charge in [0, 0.05) is 18.5 Å². The monoisotopic (exact) mass is 514 g/mol. The molecule has 0 spiro atoms. The van der Waals surface area contributed by atoms with Crippen molar-refractivity contribution in [2.75, 3.05) is 26.2 Å². The van der Waals surface area contributed by atoms with Crippen LogP contribution in [0.5, 0.6) is 0 Å². The number of aromatic nitrogens is 1. The Kier molecular flexibility index (Phi) is 8.66. The summed E-state index contributed by atoms with van der Waals surface area (Å²) in [6.45, 7) is 2.38. The molecule has 1 aliphatic heterocycles. The Hall–Kier alpha value is -3.29. The van der Waals surface area contributed by atoms with Crippen molar-refractivity contribution in [1.82, 2.24) is 20.5 Å². The SMILES string of the molecule is O=C(CNC(=O)c1ccc2ccccc2n1)N[C@@H](Cc1ccccc1)[C@H](O)CN1CC[C@@H]2CCCC[C@@H]2C1. The molecule has 0 bridgehead atoms. The number of benzene rings is 2.